The molecule has 314 valence electrons. The van der Waals surface area contributed by atoms with E-state index in [0.717, 1.165) is 33.4 Å². The molecule has 3 aliphatic heterocycles. The lowest BCUT2D eigenvalue weighted by molar-refractivity contribution is 0.0382. The average Bonchev–Trinajstić information content (AvgIpc) is 3.10. The number of carbonyl (C=O) groups is 2. The van der Waals surface area contributed by atoms with Gasteiger partial charge in [-0.3, -0.25) is 0 Å². The molecule has 0 saturated heterocycles. The summed E-state index contributed by atoms with van der Waals surface area (Å²) in [6, 6.07) is 18.8. The van der Waals surface area contributed by atoms with E-state index in [0.29, 0.717) is 51.5 Å². The largest absolute Gasteiger partial charge is 0.444 e. The fraction of sp³-hybridized carbons (Fsp3) is 0.522. The summed E-state index contributed by atoms with van der Waals surface area (Å²) in [4.78, 5) is 23.9. The minimum Gasteiger partial charge on any atom is -0.444 e. The third kappa shape index (κ3) is 14.4. The van der Waals surface area contributed by atoms with Gasteiger partial charge in [-0.2, -0.15) is 0 Å². The van der Waals surface area contributed by atoms with Gasteiger partial charge in [0.15, 0.2) is 0 Å². The fourth-order valence-electron chi connectivity index (χ4n) is 6.47. The highest BCUT2D eigenvalue weighted by Crippen LogP contribution is 2.30. The van der Waals surface area contributed by atoms with Crippen LogP contribution in [0.25, 0.3) is 5.57 Å². The van der Waals surface area contributed by atoms with Gasteiger partial charge in [0.2, 0.25) is 0 Å². The van der Waals surface area contributed by atoms with Crippen LogP contribution in [-0.2, 0) is 43.5 Å². The Balaban J connectivity index is 0.000000232. The lowest BCUT2D eigenvalue weighted by Crippen LogP contribution is -2.38. The molecule has 0 bridgehead atoms. The molecule has 3 heterocycles. The molecule has 0 saturated carbocycles. The van der Waals surface area contributed by atoms with Crippen molar-refractivity contribution in [3.63, 3.8) is 0 Å². The quantitative estimate of drug-likeness (QED) is 0.232. The monoisotopic (exact) mass is 807 g/mol. The Morgan fingerprint density at radius 2 is 1.05 bits per heavy atom. The smallest absolute Gasteiger partial charge is 0.408 e. The van der Waals surface area contributed by atoms with Crippen molar-refractivity contribution in [3.8, 4) is 0 Å². The number of halogens is 1. The Hall–Kier alpha value is -3.93. The summed E-state index contributed by atoms with van der Waals surface area (Å²) < 4.78 is 27.1. The van der Waals surface area contributed by atoms with Crippen molar-refractivity contribution >= 4 is 30.2 Å². The van der Waals surface area contributed by atoms with Gasteiger partial charge in [-0.25, -0.2) is 9.59 Å². The van der Waals surface area contributed by atoms with Crippen LogP contribution in [0.1, 0.15) is 156 Å². The number of alkyl carbamates (subject to hydrolysis) is 2. The van der Waals surface area contributed by atoms with Crippen molar-refractivity contribution < 1.29 is 33.3 Å². The van der Waals surface area contributed by atoms with Crippen molar-refractivity contribution in [2.24, 2.45) is 5.73 Å². The van der Waals surface area contributed by atoms with Crippen molar-refractivity contribution in [2.45, 2.75) is 137 Å². The predicted molar refractivity (Wildman–Crippen MR) is 230 cm³/mol. The van der Waals surface area contributed by atoms with E-state index in [9.17, 15) is 9.59 Å². The Labute approximate surface area is 347 Å². The number of fused-ring (bicyclic) bond motifs is 3. The van der Waals surface area contributed by atoms with Gasteiger partial charge in [0.1, 0.15) is 11.2 Å². The van der Waals surface area contributed by atoms with Crippen molar-refractivity contribution in [1.29, 1.82) is 0 Å². The number of benzene rings is 3. The molecule has 4 N–H and O–H groups in total. The van der Waals surface area contributed by atoms with Crippen LogP contribution in [0.2, 0.25) is 0 Å². The number of amides is 2. The highest BCUT2D eigenvalue weighted by molar-refractivity contribution is 5.85. The second kappa shape index (κ2) is 20.7. The molecule has 3 aromatic rings. The molecule has 57 heavy (non-hydrogen) atoms. The Bertz CT molecular complexity index is 1830. The van der Waals surface area contributed by atoms with E-state index >= 15 is 0 Å². The van der Waals surface area contributed by atoms with Crippen LogP contribution in [0.4, 0.5) is 9.59 Å². The SMILES string of the molecule is C=C(C)c1ccc2c(c1)C(NC(=O)OC(C)(C)C)COC2.CC(C)c1ccc2c(c1)C(N)COC2.CC(C)c1ccc2c(c1)C(NC(=O)OC(C)(C)C)COC2.Cl. The molecule has 3 atom stereocenters. The second-order valence-electron chi connectivity index (χ2n) is 17.5. The van der Waals surface area contributed by atoms with E-state index in [4.69, 9.17) is 29.4 Å². The standard InChI is InChI=1S/C17H25NO3.C17H23NO3.C12H17NO.ClH/c2*1-11(2)12-6-7-13-9-20-10-15(14(13)8-12)18-16(19)21-17(3,4)5;1-8(2)9-3-4-10-6-14-7-12(13)11(10)5-9;/h6-8,11,15H,9-10H2,1-5H3,(H,18,19);6-8,15H,1,9-10H2,2-5H3,(H,18,19);3-5,8,12H,6-7,13H2,1-2H3;1H. The van der Waals surface area contributed by atoms with Gasteiger partial charge in [-0.1, -0.05) is 88.4 Å². The maximum Gasteiger partial charge on any atom is 0.408 e. The number of hydrogen-bond acceptors (Lipinski definition) is 8. The topological polar surface area (TPSA) is 130 Å². The lowest BCUT2D eigenvalue weighted by atomic mass is 9.93. The Morgan fingerprint density at radius 1 is 0.667 bits per heavy atom. The number of carbonyl (C=O) groups excluding carboxylic acids is 2. The highest BCUT2D eigenvalue weighted by atomic mass is 35.5. The molecular weight excluding hydrogens is 742 g/mol. The molecule has 0 fully saturated rings. The maximum absolute atomic E-state index is 12.0. The number of allylic oxidation sites excluding steroid dienone is 1. The maximum atomic E-state index is 12.0. The normalized spacial score (nSPS) is 18.5. The van der Waals surface area contributed by atoms with Gasteiger partial charge in [0.05, 0.1) is 57.8 Å². The van der Waals surface area contributed by atoms with E-state index in [2.05, 4.69) is 87.4 Å². The molecule has 11 heteroatoms. The molecule has 0 aromatic heterocycles. The molecule has 0 radical (unpaired) electrons. The minimum absolute atomic E-state index is 0. The third-order valence-corrected chi connectivity index (χ3v) is 9.48. The van der Waals surface area contributed by atoms with Crippen LogP contribution in [-0.4, -0.2) is 43.2 Å². The zero-order chi connectivity index (χ0) is 41.4. The highest BCUT2D eigenvalue weighted by Gasteiger charge is 2.27. The summed E-state index contributed by atoms with van der Waals surface area (Å²) in [5.41, 5.74) is 16.6. The van der Waals surface area contributed by atoms with E-state index in [1.807, 2.05) is 60.6 Å². The molecule has 3 aromatic carbocycles. The number of ether oxygens (including phenoxy) is 5. The molecule has 0 aliphatic carbocycles. The van der Waals surface area contributed by atoms with E-state index in [-0.39, 0.29) is 30.5 Å². The molecule has 6 rings (SSSR count). The summed E-state index contributed by atoms with van der Waals surface area (Å²) in [6.45, 7) is 29.2. The molecule has 2 amide bonds. The predicted octanol–water partition coefficient (Wildman–Crippen LogP) is 10.5. The minimum atomic E-state index is -0.512. The lowest BCUT2D eigenvalue weighted by Gasteiger charge is -2.29. The zero-order valence-corrected chi connectivity index (χ0v) is 36.7. The summed E-state index contributed by atoms with van der Waals surface area (Å²) in [5, 5.41) is 5.79. The van der Waals surface area contributed by atoms with Gasteiger partial charge in [-0.05, 0) is 116 Å². The van der Waals surface area contributed by atoms with Gasteiger partial charge in [0, 0.05) is 0 Å². The molecular formula is C46H66ClN3O7. The van der Waals surface area contributed by atoms with Crippen molar-refractivity contribution in [3.05, 3.63) is 111 Å². The molecule has 0 spiro atoms. The fourth-order valence-corrected chi connectivity index (χ4v) is 6.47. The number of rotatable bonds is 5. The molecule has 3 aliphatic rings. The van der Waals surface area contributed by atoms with Gasteiger partial charge >= 0.3 is 12.2 Å². The first-order valence-electron chi connectivity index (χ1n) is 19.7. The van der Waals surface area contributed by atoms with Gasteiger partial charge in [0.25, 0.3) is 0 Å². The molecule has 10 nitrogen and oxygen atoms in total. The van der Waals surface area contributed by atoms with Crippen LogP contribution in [0.5, 0.6) is 0 Å². The zero-order valence-electron chi connectivity index (χ0n) is 35.9. The number of nitrogens with two attached hydrogens (primary N) is 1. The summed E-state index contributed by atoms with van der Waals surface area (Å²) in [7, 11) is 0. The van der Waals surface area contributed by atoms with Crippen LogP contribution in [0, 0.1) is 0 Å². The number of hydrogen-bond donors (Lipinski definition) is 3. The van der Waals surface area contributed by atoms with E-state index in [1.54, 1.807) is 0 Å². The summed E-state index contributed by atoms with van der Waals surface area (Å²) in [6.07, 6.45) is -0.830. The van der Waals surface area contributed by atoms with Crippen LogP contribution in [0.15, 0.2) is 61.2 Å². The average molecular weight is 809 g/mol. The molecule has 3 unspecified atom stereocenters. The van der Waals surface area contributed by atoms with Crippen LogP contribution >= 0.6 is 12.4 Å². The van der Waals surface area contributed by atoms with Gasteiger partial charge in [-0.15, -0.1) is 12.4 Å². The second-order valence-corrected chi connectivity index (χ2v) is 17.5. The first kappa shape index (κ1) is 47.4. The van der Waals surface area contributed by atoms with Crippen molar-refractivity contribution in [1.82, 2.24) is 10.6 Å². The van der Waals surface area contributed by atoms with Gasteiger partial charge < -0.3 is 40.1 Å². The summed E-state index contributed by atoms with van der Waals surface area (Å²) in [5.74, 6) is 1.02. The third-order valence-electron chi connectivity index (χ3n) is 9.48. The number of nitrogens with one attached hydrogen (secondary N) is 2. The van der Waals surface area contributed by atoms with E-state index < -0.39 is 23.4 Å². The van der Waals surface area contributed by atoms with Crippen LogP contribution in [0.3, 0.4) is 0 Å². The first-order chi connectivity index (χ1) is 26.2. The Morgan fingerprint density at radius 3 is 1.47 bits per heavy atom. The Kier molecular flexibility index (Phi) is 17.2. The van der Waals surface area contributed by atoms with Crippen molar-refractivity contribution in [2.75, 3.05) is 19.8 Å². The first-order valence-corrected chi connectivity index (χ1v) is 19.7. The van der Waals surface area contributed by atoms with Crippen LogP contribution < -0.4 is 16.4 Å². The summed E-state index contributed by atoms with van der Waals surface area (Å²) >= 11 is 0. The van der Waals surface area contributed by atoms with E-state index in [1.165, 1.54) is 22.3 Å².